The van der Waals surface area contributed by atoms with Crippen LogP contribution in [-0.4, -0.2) is 22.1 Å². The van der Waals surface area contributed by atoms with E-state index in [2.05, 4.69) is 66.2 Å². The third-order valence-electron chi connectivity index (χ3n) is 5.32. The molecule has 4 nitrogen and oxygen atoms in total. The number of hydrogen-bond acceptors (Lipinski definition) is 2. The van der Waals surface area contributed by atoms with Crippen molar-refractivity contribution in [3.63, 3.8) is 0 Å². The van der Waals surface area contributed by atoms with E-state index in [1.807, 2.05) is 12.1 Å². The van der Waals surface area contributed by atoms with Crippen LogP contribution >= 0.6 is 0 Å². The van der Waals surface area contributed by atoms with Gasteiger partial charge in [-0.25, -0.2) is 4.79 Å². The second kappa shape index (κ2) is 8.87. The molecule has 0 aliphatic heterocycles. The van der Waals surface area contributed by atoms with Gasteiger partial charge in [-0.15, -0.1) is 0 Å². The second-order valence-electron chi connectivity index (χ2n) is 7.40. The van der Waals surface area contributed by atoms with E-state index in [-0.39, 0.29) is 6.61 Å². The van der Waals surface area contributed by atoms with Gasteiger partial charge in [-0.2, -0.15) is 0 Å². The largest absolute Gasteiger partial charge is 0.482 e. The number of benzene rings is 2. The van der Waals surface area contributed by atoms with Crippen molar-refractivity contribution in [2.45, 2.75) is 26.2 Å². The highest BCUT2D eigenvalue weighted by molar-refractivity contribution is 5.78. The lowest BCUT2D eigenvalue weighted by Gasteiger charge is -2.08. The number of carboxylic acids is 1. The first-order valence-corrected chi connectivity index (χ1v) is 10.3. The van der Waals surface area contributed by atoms with Crippen LogP contribution in [0.4, 0.5) is 0 Å². The molecule has 0 fully saturated rings. The van der Waals surface area contributed by atoms with Crippen LogP contribution in [0.15, 0.2) is 79.1 Å². The molecule has 0 aliphatic carbocycles. The number of aromatic nitrogens is 1. The summed E-state index contributed by atoms with van der Waals surface area (Å²) >= 11 is 0. The minimum absolute atomic E-state index is 0.333. The summed E-state index contributed by atoms with van der Waals surface area (Å²) in [6.07, 6.45) is 7.76. The monoisotopic (exact) mass is 399 g/mol. The van der Waals surface area contributed by atoms with Crippen molar-refractivity contribution in [2.75, 3.05) is 6.61 Å². The zero-order valence-electron chi connectivity index (χ0n) is 17.0. The van der Waals surface area contributed by atoms with Crippen molar-refractivity contribution in [1.29, 1.82) is 0 Å². The second-order valence-corrected chi connectivity index (χ2v) is 7.40. The van der Waals surface area contributed by atoms with Crippen LogP contribution in [-0.2, 0) is 11.2 Å². The summed E-state index contributed by atoms with van der Waals surface area (Å²) < 4.78 is 7.42. The average Bonchev–Trinajstić information content (AvgIpc) is 3.15. The lowest BCUT2D eigenvalue weighted by atomic mass is 9.97. The molecule has 0 aliphatic rings. The minimum Gasteiger partial charge on any atom is -0.482 e. The minimum atomic E-state index is -0.980. The van der Waals surface area contributed by atoms with Gasteiger partial charge in [0.05, 0.1) is 0 Å². The van der Waals surface area contributed by atoms with Crippen LogP contribution in [0.5, 0.6) is 5.75 Å². The van der Waals surface area contributed by atoms with Gasteiger partial charge in [0.15, 0.2) is 6.61 Å². The molecule has 0 spiro atoms. The van der Waals surface area contributed by atoms with Crippen molar-refractivity contribution in [3.05, 3.63) is 84.7 Å². The average molecular weight is 399 g/mol. The Balaban J connectivity index is 1.60. The Morgan fingerprint density at radius 3 is 2.27 bits per heavy atom. The van der Waals surface area contributed by atoms with Crippen molar-refractivity contribution in [3.8, 4) is 28.0 Å². The van der Waals surface area contributed by atoms with E-state index in [1.54, 1.807) is 12.1 Å². The molecule has 2 heterocycles. The topological polar surface area (TPSA) is 50.9 Å². The number of nitrogens with zero attached hydrogens (tertiary/aromatic N) is 1. The molecule has 0 radical (unpaired) electrons. The van der Waals surface area contributed by atoms with Gasteiger partial charge in [0.25, 0.3) is 0 Å². The Kier molecular flexibility index (Phi) is 5.84. The van der Waals surface area contributed by atoms with Crippen molar-refractivity contribution < 1.29 is 14.6 Å². The van der Waals surface area contributed by atoms with Crippen molar-refractivity contribution in [1.82, 2.24) is 4.40 Å². The number of rotatable bonds is 8. The van der Waals surface area contributed by atoms with Gasteiger partial charge in [0, 0.05) is 23.5 Å². The van der Waals surface area contributed by atoms with Gasteiger partial charge in [0.2, 0.25) is 0 Å². The van der Waals surface area contributed by atoms with Gasteiger partial charge in [0.1, 0.15) is 5.75 Å². The molecule has 4 heteroatoms. The zero-order valence-corrected chi connectivity index (χ0v) is 17.0. The molecule has 0 bridgehead atoms. The van der Waals surface area contributed by atoms with Crippen LogP contribution in [0, 0.1) is 0 Å². The van der Waals surface area contributed by atoms with E-state index in [9.17, 15) is 4.79 Å². The highest BCUT2D eigenvalue weighted by atomic mass is 16.5. The summed E-state index contributed by atoms with van der Waals surface area (Å²) in [6, 6.07) is 22.5. The van der Waals surface area contributed by atoms with E-state index in [1.165, 1.54) is 35.0 Å². The quantitative estimate of drug-likeness (QED) is 0.391. The van der Waals surface area contributed by atoms with Crippen LogP contribution in [0.1, 0.15) is 25.3 Å². The summed E-state index contributed by atoms with van der Waals surface area (Å²) in [4.78, 5) is 10.6. The fourth-order valence-corrected chi connectivity index (χ4v) is 3.78. The fourth-order valence-electron chi connectivity index (χ4n) is 3.78. The predicted octanol–water partition coefficient (Wildman–Crippen LogP) is 6.08. The molecule has 0 unspecified atom stereocenters. The van der Waals surface area contributed by atoms with Gasteiger partial charge < -0.3 is 14.2 Å². The Hall–Kier alpha value is -3.53. The van der Waals surface area contributed by atoms with Crippen LogP contribution in [0.25, 0.3) is 27.8 Å². The summed E-state index contributed by atoms with van der Waals surface area (Å²) in [6.45, 7) is 1.89. The van der Waals surface area contributed by atoms with E-state index < -0.39 is 5.97 Å². The van der Waals surface area contributed by atoms with E-state index in [0.717, 1.165) is 17.5 Å². The Bertz CT molecular complexity index is 1140. The fraction of sp³-hybridized carbons (Fsp3) is 0.192. The van der Waals surface area contributed by atoms with Crippen LogP contribution in [0.2, 0.25) is 0 Å². The number of aryl methyl sites for hydroxylation is 1. The van der Waals surface area contributed by atoms with E-state index in [4.69, 9.17) is 9.84 Å². The smallest absolute Gasteiger partial charge is 0.341 e. The normalized spacial score (nSPS) is 11.0. The first kappa shape index (κ1) is 19.8. The SMILES string of the molecule is CCCCc1c(-c2ccc(-c3ccc(OCC(=O)O)cc3)cc2)cn2ccccc12. The molecule has 2 aromatic carbocycles. The third-order valence-corrected chi connectivity index (χ3v) is 5.32. The Morgan fingerprint density at radius 1 is 0.933 bits per heavy atom. The maximum atomic E-state index is 10.6. The van der Waals surface area contributed by atoms with Gasteiger partial charge >= 0.3 is 5.97 Å². The molecular formula is C26H25NO3. The molecule has 0 saturated heterocycles. The van der Waals surface area contributed by atoms with Crippen molar-refractivity contribution >= 4 is 11.5 Å². The zero-order chi connectivity index (χ0) is 20.9. The first-order chi connectivity index (χ1) is 14.7. The molecule has 0 atom stereocenters. The maximum Gasteiger partial charge on any atom is 0.341 e. The molecule has 152 valence electrons. The molecule has 0 amide bonds. The number of carboxylic acid groups (broad SMARTS) is 1. The molecule has 4 rings (SSSR count). The lowest BCUT2D eigenvalue weighted by molar-refractivity contribution is -0.139. The summed E-state index contributed by atoms with van der Waals surface area (Å²) in [5, 5.41) is 8.71. The third kappa shape index (κ3) is 4.23. The number of fused-ring (bicyclic) bond motifs is 1. The number of unbranched alkanes of at least 4 members (excludes halogenated alkanes) is 1. The summed E-state index contributed by atoms with van der Waals surface area (Å²) in [5.41, 5.74) is 7.38. The maximum absolute atomic E-state index is 10.6. The Labute approximate surface area is 176 Å². The molecule has 1 N–H and O–H groups in total. The molecular weight excluding hydrogens is 374 g/mol. The first-order valence-electron chi connectivity index (χ1n) is 10.3. The van der Waals surface area contributed by atoms with Gasteiger partial charge in [-0.05, 0) is 59.4 Å². The van der Waals surface area contributed by atoms with E-state index >= 15 is 0 Å². The number of pyridine rings is 1. The van der Waals surface area contributed by atoms with Crippen LogP contribution in [0.3, 0.4) is 0 Å². The molecule has 4 aromatic rings. The molecule has 30 heavy (non-hydrogen) atoms. The molecule has 2 aromatic heterocycles. The van der Waals surface area contributed by atoms with Crippen LogP contribution < -0.4 is 4.74 Å². The number of carbonyl (C=O) groups is 1. The molecule has 0 saturated carbocycles. The number of aliphatic carboxylic acids is 1. The van der Waals surface area contributed by atoms with E-state index in [0.29, 0.717) is 5.75 Å². The standard InChI is InChI=1S/C26H25NO3/c1-2-3-6-23-24(17-27-16-5-4-7-25(23)27)21-10-8-19(9-11-21)20-12-14-22(15-13-20)30-18-26(28)29/h4-5,7-17H,2-3,6,18H2,1H3,(H,28,29). The summed E-state index contributed by atoms with van der Waals surface area (Å²) in [5.74, 6) is -0.426. The number of ether oxygens (including phenoxy) is 1. The van der Waals surface area contributed by atoms with Gasteiger partial charge in [-0.3, -0.25) is 0 Å². The highest BCUT2D eigenvalue weighted by Crippen LogP contribution is 2.32. The number of hydrogen-bond donors (Lipinski definition) is 1. The summed E-state index contributed by atoms with van der Waals surface area (Å²) in [7, 11) is 0. The predicted molar refractivity (Wildman–Crippen MR) is 120 cm³/mol. The van der Waals surface area contributed by atoms with Gasteiger partial charge in [-0.1, -0.05) is 55.8 Å². The Morgan fingerprint density at radius 2 is 1.60 bits per heavy atom. The highest BCUT2D eigenvalue weighted by Gasteiger charge is 2.12. The van der Waals surface area contributed by atoms with Crippen molar-refractivity contribution in [2.24, 2.45) is 0 Å². The lowest BCUT2D eigenvalue weighted by Crippen LogP contribution is -2.09.